The predicted molar refractivity (Wildman–Crippen MR) is 84.7 cm³/mol. The monoisotopic (exact) mass is 361 g/mol. The molecule has 2 aromatic heterocycles. The van der Waals surface area contributed by atoms with Gasteiger partial charge in [0.25, 0.3) is 0 Å². The molecule has 2 N–H and O–H groups in total. The smallest absolute Gasteiger partial charge is 0.238 e. The molecule has 0 aliphatic heterocycles. The van der Waals surface area contributed by atoms with Crippen LogP contribution in [0.15, 0.2) is 24.5 Å². The summed E-state index contributed by atoms with van der Waals surface area (Å²) in [6.45, 7) is -0.321. The van der Waals surface area contributed by atoms with Crippen LogP contribution >= 0.6 is 35.0 Å². The largest absolute Gasteiger partial charge is 0.467 e. The van der Waals surface area contributed by atoms with Crippen molar-refractivity contribution in [3.63, 3.8) is 0 Å². The summed E-state index contributed by atoms with van der Waals surface area (Å²) in [4.78, 5) is 19.1. The van der Waals surface area contributed by atoms with Crippen LogP contribution in [0.25, 0.3) is 0 Å². The predicted octanol–water partition coefficient (Wildman–Crippen LogP) is 3.34. The Morgan fingerprint density at radius 3 is 2.86 bits per heavy atom. The molecule has 0 atom stereocenters. The first-order chi connectivity index (χ1) is 10.5. The molecule has 2 heterocycles. The van der Waals surface area contributed by atoms with Crippen molar-refractivity contribution in [3.8, 4) is 5.88 Å². The fraction of sp³-hybridized carbons (Fsp3) is 0.154. The van der Waals surface area contributed by atoms with Crippen LogP contribution in [-0.2, 0) is 10.5 Å². The van der Waals surface area contributed by atoms with Crippen molar-refractivity contribution in [1.29, 1.82) is 0 Å². The third kappa shape index (κ3) is 4.22. The Balaban J connectivity index is 1.92. The topological polar surface area (TPSA) is 78.1 Å². The molecule has 22 heavy (non-hydrogen) atoms. The fourth-order valence-corrected chi connectivity index (χ4v) is 2.44. The van der Waals surface area contributed by atoms with Crippen molar-refractivity contribution in [3.05, 3.63) is 46.1 Å². The number of aromatic nitrogens is 2. The summed E-state index contributed by atoms with van der Waals surface area (Å²) in [6.07, 6.45) is 3.31. The Bertz CT molecular complexity index is 689. The van der Waals surface area contributed by atoms with Crippen LogP contribution in [0.4, 0.5) is 10.1 Å². The lowest BCUT2D eigenvalue weighted by atomic mass is 10.3. The standard InChI is InChI=1S/C13H10Cl2FN3O2S/c14-9-11(17)10(15)13(19-12(9)16)21-5-8(20)22-6-7-2-1-3-18-4-7/h1-4H,5-6H2,(H2,17,19). The number of thioether (sulfide) groups is 1. The minimum absolute atomic E-state index is 0.128. The van der Waals surface area contributed by atoms with Gasteiger partial charge in [0.2, 0.25) is 16.9 Å². The lowest BCUT2D eigenvalue weighted by molar-refractivity contribution is -0.112. The number of nitrogens with two attached hydrogens (primary N) is 1. The van der Waals surface area contributed by atoms with E-state index in [9.17, 15) is 9.18 Å². The first-order valence-corrected chi connectivity index (χ1v) is 7.70. The zero-order valence-electron chi connectivity index (χ0n) is 11.1. The van der Waals surface area contributed by atoms with Crippen LogP contribution < -0.4 is 10.5 Å². The molecule has 0 aliphatic rings. The number of ether oxygens (including phenoxy) is 1. The lowest BCUT2D eigenvalue weighted by Crippen LogP contribution is -2.10. The van der Waals surface area contributed by atoms with Crippen LogP contribution in [-0.4, -0.2) is 21.7 Å². The van der Waals surface area contributed by atoms with Crippen molar-refractivity contribution in [1.82, 2.24) is 9.97 Å². The average molecular weight is 362 g/mol. The molecule has 0 saturated heterocycles. The minimum atomic E-state index is -1.01. The maximum absolute atomic E-state index is 13.4. The molecule has 2 rings (SSSR count). The van der Waals surface area contributed by atoms with Crippen molar-refractivity contribution in [2.24, 2.45) is 0 Å². The van der Waals surface area contributed by atoms with Crippen LogP contribution in [0.5, 0.6) is 5.88 Å². The van der Waals surface area contributed by atoms with E-state index in [1.807, 2.05) is 6.07 Å². The lowest BCUT2D eigenvalue weighted by Gasteiger charge is -2.09. The van der Waals surface area contributed by atoms with E-state index in [1.54, 1.807) is 18.5 Å². The van der Waals surface area contributed by atoms with Crippen molar-refractivity contribution in [2.75, 3.05) is 12.3 Å². The summed E-state index contributed by atoms with van der Waals surface area (Å²) >= 11 is 12.4. The van der Waals surface area contributed by atoms with Gasteiger partial charge in [-0.2, -0.15) is 9.37 Å². The van der Waals surface area contributed by atoms with Crippen molar-refractivity contribution >= 4 is 45.8 Å². The number of carbonyl (C=O) groups is 1. The van der Waals surface area contributed by atoms with Gasteiger partial charge in [0.1, 0.15) is 10.0 Å². The summed E-state index contributed by atoms with van der Waals surface area (Å²) < 4.78 is 18.5. The SMILES string of the molecule is Nc1c(Cl)c(F)nc(OCC(=O)SCc2cccnc2)c1Cl. The Kier molecular flexibility index (Phi) is 5.82. The molecular weight excluding hydrogens is 352 g/mol. The molecule has 116 valence electrons. The van der Waals surface area contributed by atoms with Gasteiger partial charge in [-0.05, 0) is 11.6 Å². The van der Waals surface area contributed by atoms with Crippen molar-refractivity contribution < 1.29 is 13.9 Å². The van der Waals surface area contributed by atoms with Gasteiger partial charge in [-0.3, -0.25) is 9.78 Å². The quantitative estimate of drug-likeness (QED) is 0.822. The molecule has 2 aromatic rings. The summed E-state index contributed by atoms with van der Waals surface area (Å²) in [5.41, 5.74) is 6.23. The molecule has 0 amide bonds. The van der Waals surface area contributed by atoms with Gasteiger partial charge < -0.3 is 10.5 Å². The van der Waals surface area contributed by atoms with Crippen LogP contribution in [0.1, 0.15) is 5.56 Å². The van der Waals surface area contributed by atoms with E-state index in [0.717, 1.165) is 17.3 Å². The van der Waals surface area contributed by atoms with Gasteiger partial charge in [0.15, 0.2) is 6.61 Å². The van der Waals surface area contributed by atoms with Gasteiger partial charge in [-0.1, -0.05) is 41.0 Å². The van der Waals surface area contributed by atoms with E-state index >= 15 is 0 Å². The maximum atomic E-state index is 13.4. The van der Waals surface area contributed by atoms with Gasteiger partial charge in [-0.25, -0.2) is 0 Å². The van der Waals surface area contributed by atoms with E-state index in [2.05, 4.69) is 9.97 Å². The second-order valence-electron chi connectivity index (χ2n) is 4.06. The number of nitrogen functional groups attached to an aromatic ring is 1. The molecule has 0 spiro atoms. The van der Waals surface area contributed by atoms with E-state index in [1.165, 1.54) is 0 Å². The molecule has 0 fully saturated rings. The highest BCUT2D eigenvalue weighted by Crippen LogP contribution is 2.35. The Labute approximate surface area is 140 Å². The number of hydrogen-bond acceptors (Lipinski definition) is 6. The highest BCUT2D eigenvalue weighted by molar-refractivity contribution is 8.13. The number of carbonyl (C=O) groups excluding carboxylic acids is 1. The van der Waals surface area contributed by atoms with E-state index in [0.29, 0.717) is 5.75 Å². The third-order valence-electron chi connectivity index (χ3n) is 2.49. The molecule has 0 aromatic carbocycles. The van der Waals surface area contributed by atoms with E-state index < -0.39 is 5.95 Å². The van der Waals surface area contributed by atoms with E-state index in [4.69, 9.17) is 33.7 Å². The van der Waals surface area contributed by atoms with Crippen molar-refractivity contribution in [2.45, 2.75) is 5.75 Å². The van der Waals surface area contributed by atoms with Gasteiger partial charge in [0, 0.05) is 18.1 Å². The van der Waals surface area contributed by atoms with Crippen LogP contribution in [0.3, 0.4) is 0 Å². The number of hydrogen-bond donors (Lipinski definition) is 1. The molecule has 0 bridgehead atoms. The highest BCUT2D eigenvalue weighted by Gasteiger charge is 2.17. The molecule has 9 heteroatoms. The van der Waals surface area contributed by atoms with Gasteiger partial charge in [0.05, 0.1) is 5.69 Å². The molecule has 0 unspecified atom stereocenters. The van der Waals surface area contributed by atoms with Crippen LogP contribution in [0, 0.1) is 5.95 Å². The first kappa shape index (κ1) is 16.8. The first-order valence-electron chi connectivity index (χ1n) is 5.96. The molecule has 0 saturated carbocycles. The number of pyridine rings is 2. The number of halogens is 3. The van der Waals surface area contributed by atoms with E-state index in [-0.39, 0.29) is 33.3 Å². The van der Waals surface area contributed by atoms with Gasteiger partial charge >= 0.3 is 0 Å². The number of nitrogens with zero attached hydrogens (tertiary/aromatic N) is 2. The average Bonchev–Trinajstić information content (AvgIpc) is 2.54. The summed E-state index contributed by atoms with van der Waals surface area (Å²) in [6, 6.07) is 3.63. The van der Waals surface area contributed by atoms with Gasteiger partial charge in [-0.15, -0.1) is 0 Å². The summed E-state index contributed by atoms with van der Waals surface area (Å²) in [5.74, 6) is -0.820. The number of anilines is 1. The zero-order chi connectivity index (χ0) is 16.1. The normalized spacial score (nSPS) is 10.5. The Hall–Kier alpha value is -1.57. The fourth-order valence-electron chi connectivity index (χ4n) is 1.42. The minimum Gasteiger partial charge on any atom is -0.467 e. The molecule has 0 radical (unpaired) electrons. The zero-order valence-corrected chi connectivity index (χ0v) is 13.4. The Morgan fingerprint density at radius 2 is 2.18 bits per heavy atom. The molecule has 0 aliphatic carbocycles. The molecule has 5 nitrogen and oxygen atoms in total. The second kappa shape index (κ2) is 7.62. The summed E-state index contributed by atoms with van der Waals surface area (Å²) in [7, 11) is 0. The maximum Gasteiger partial charge on any atom is 0.238 e. The molecular formula is C13H10Cl2FN3O2S. The summed E-state index contributed by atoms with van der Waals surface area (Å²) in [5, 5.41) is -0.776. The van der Waals surface area contributed by atoms with Crippen LogP contribution in [0.2, 0.25) is 10.0 Å². The third-order valence-corrected chi connectivity index (χ3v) is 4.13. The Morgan fingerprint density at radius 1 is 1.41 bits per heavy atom. The highest BCUT2D eigenvalue weighted by atomic mass is 35.5. The number of rotatable bonds is 5. The second-order valence-corrected chi connectivity index (χ2v) is 5.85.